The van der Waals surface area contributed by atoms with Gasteiger partial charge in [-0.3, -0.25) is 0 Å². The lowest BCUT2D eigenvalue weighted by atomic mass is 10.4. The van der Waals surface area contributed by atoms with Gasteiger partial charge in [0.2, 0.25) is 0 Å². The van der Waals surface area contributed by atoms with Gasteiger partial charge in [0.05, 0.1) is 18.9 Å². The van der Waals surface area contributed by atoms with Crippen LogP contribution >= 0.6 is 11.3 Å². The van der Waals surface area contributed by atoms with E-state index < -0.39 is 18.8 Å². The molecule has 0 amide bonds. The monoisotopic (exact) mass is 283 g/mol. The van der Waals surface area contributed by atoms with E-state index in [1.807, 2.05) is 0 Å². The first-order chi connectivity index (χ1) is 8.40. The van der Waals surface area contributed by atoms with E-state index in [0.29, 0.717) is 10.6 Å². The number of ether oxygens (including phenoxy) is 2. The van der Waals surface area contributed by atoms with E-state index in [4.69, 9.17) is 10.5 Å². The second-order valence-electron chi connectivity index (χ2n) is 3.36. The van der Waals surface area contributed by atoms with Crippen molar-refractivity contribution in [1.82, 2.24) is 0 Å². The zero-order chi connectivity index (χ0) is 13.6. The molecule has 0 aliphatic rings. The molecule has 0 saturated heterocycles. The molecule has 0 bridgehead atoms. The Bertz CT molecular complexity index is 392. The fourth-order valence-electron chi connectivity index (χ4n) is 1.06. The van der Waals surface area contributed by atoms with Crippen LogP contribution < -0.4 is 5.73 Å². The number of carbonyl (C=O) groups excluding carboxylic acids is 1. The first-order valence-corrected chi connectivity index (χ1v) is 5.92. The smallest absolute Gasteiger partial charge is 0.411 e. The number of nitrogen functional groups attached to an aromatic ring is 1. The molecule has 1 heterocycles. The number of carbonyl (C=O) groups is 1. The van der Waals surface area contributed by atoms with E-state index in [-0.39, 0.29) is 19.6 Å². The van der Waals surface area contributed by atoms with Crippen molar-refractivity contribution in [2.24, 2.45) is 0 Å². The topological polar surface area (TPSA) is 61.6 Å². The van der Waals surface area contributed by atoms with Crippen molar-refractivity contribution in [3.63, 3.8) is 0 Å². The van der Waals surface area contributed by atoms with Gasteiger partial charge < -0.3 is 15.2 Å². The zero-order valence-electron chi connectivity index (χ0n) is 9.33. The Morgan fingerprint density at radius 3 is 2.67 bits per heavy atom. The van der Waals surface area contributed by atoms with E-state index in [9.17, 15) is 18.0 Å². The van der Waals surface area contributed by atoms with Gasteiger partial charge in [0.15, 0.2) is 0 Å². The van der Waals surface area contributed by atoms with Gasteiger partial charge >= 0.3 is 12.1 Å². The molecule has 0 radical (unpaired) electrons. The van der Waals surface area contributed by atoms with Crippen LogP contribution in [-0.4, -0.2) is 32.0 Å². The van der Waals surface area contributed by atoms with Crippen LogP contribution in [0.5, 0.6) is 0 Å². The molecule has 0 aromatic carbocycles. The predicted molar refractivity (Wildman–Crippen MR) is 60.5 cm³/mol. The molecule has 8 heteroatoms. The summed E-state index contributed by atoms with van der Waals surface area (Å²) < 4.78 is 44.3. The summed E-state index contributed by atoms with van der Waals surface area (Å²) in [5.41, 5.74) is 5.83. The van der Waals surface area contributed by atoms with Gasteiger partial charge in [-0.1, -0.05) is 0 Å². The van der Waals surface area contributed by atoms with Gasteiger partial charge in [0.1, 0.15) is 11.5 Å². The van der Waals surface area contributed by atoms with Gasteiger partial charge in [-0.15, -0.1) is 11.3 Å². The van der Waals surface area contributed by atoms with Crippen molar-refractivity contribution < 1.29 is 27.4 Å². The van der Waals surface area contributed by atoms with E-state index in [1.165, 1.54) is 0 Å². The molecule has 102 valence electrons. The Balaban J connectivity index is 2.12. The van der Waals surface area contributed by atoms with E-state index in [1.54, 1.807) is 11.4 Å². The molecular formula is C10H12F3NO3S. The Labute approximate surface area is 105 Å². The minimum absolute atomic E-state index is 0.00592. The third-order valence-electron chi connectivity index (χ3n) is 1.81. The Hall–Kier alpha value is -1.28. The molecule has 0 aliphatic heterocycles. The van der Waals surface area contributed by atoms with Crippen LogP contribution in [0.4, 0.5) is 18.9 Å². The Morgan fingerprint density at radius 2 is 2.11 bits per heavy atom. The van der Waals surface area contributed by atoms with Gasteiger partial charge in [-0.2, -0.15) is 13.2 Å². The van der Waals surface area contributed by atoms with Crippen LogP contribution in [-0.2, 0) is 9.47 Å². The van der Waals surface area contributed by atoms with Crippen LogP contribution in [0.15, 0.2) is 11.4 Å². The molecule has 0 saturated carbocycles. The molecular weight excluding hydrogens is 271 g/mol. The second kappa shape index (κ2) is 6.60. The van der Waals surface area contributed by atoms with Crippen LogP contribution in [0.3, 0.4) is 0 Å². The zero-order valence-corrected chi connectivity index (χ0v) is 10.1. The normalized spacial score (nSPS) is 11.5. The number of anilines is 1. The average Bonchev–Trinajstić information content (AvgIpc) is 2.68. The number of alkyl halides is 3. The maximum Gasteiger partial charge on any atom is 0.411 e. The molecule has 4 nitrogen and oxygen atoms in total. The maximum absolute atomic E-state index is 11.7. The maximum atomic E-state index is 11.7. The number of hydrogen-bond acceptors (Lipinski definition) is 5. The highest BCUT2D eigenvalue weighted by atomic mass is 32.1. The van der Waals surface area contributed by atoms with E-state index in [0.717, 1.165) is 11.3 Å². The molecule has 1 rings (SSSR count). The molecule has 18 heavy (non-hydrogen) atoms. The Morgan fingerprint density at radius 1 is 1.39 bits per heavy atom. The molecule has 1 aromatic heterocycles. The standard InChI is InChI=1S/C10H12F3NO3S/c11-10(12,13)6-16-3-1-4-17-9(15)8-7(14)2-5-18-8/h2,5H,1,3-4,6,14H2. The van der Waals surface area contributed by atoms with Crippen molar-refractivity contribution in [2.45, 2.75) is 12.6 Å². The lowest BCUT2D eigenvalue weighted by Crippen LogP contribution is -2.18. The van der Waals surface area contributed by atoms with Crippen LogP contribution in [0, 0.1) is 0 Å². The summed E-state index contributed by atoms with van der Waals surface area (Å²) in [5.74, 6) is -0.571. The SMILES string of the molecule is Nc1ccsc1C(=O)OCCCOCC(F)(F)F. The molecule has 0 spiro atoms. The highest BCUT2D eigenvalue weighted by Gasteiger charge is 2.27. The summed E-state index contributed by atoms with van der Waals surface area (Å²) in [4.78, 5) is 11.7. The second-order valence-corrected chi connectivity index (χ2v) is 4.28. The summed E-state index contributed by atoms with van der Waals surface area (Å²) in [6.45, 7) is -1.42. The molecule has 2 N–H and O–H groups in total. The van der Waals surface area contributed by atoms with Gasteiger partial charge in [-0.25, -0.2) is 4.79 Å². The molecule has 0 aliphatic carbocycles. The molecule has 0 atom stereocenters. The van der Waals surface area contributed by atoms with Crippen molar-refractivity contribution in [3.8, 4) is 0 Å². The average molecular weight is 283 g/mol. The highest BCUT2D eigenvalue weighted by Crippen LogP contribution is 2.19. The minimum atomic E-state index is -4.33. The van der Waals surface area contributed by atoms with Crippen molar-refractivity contribution >= 4 is 23.0 Å². The minimum Gasteiger partial charge on any atom is -0.461 e. The van der Waals surface area contributed by atoms with Crippen LogP contribution in [0.1, 0.15) is 16.1 Å². The molecule has 1 aromatic rings. The fourth-order valence-corrected chi connectivity index (χ4v) is 1.77. The quantitative estimate of drug-likeness (QED) is 0.643. The number of hydrogen-bond donors (Lipinski definition) is 1. The van der Waals surface area contributed by atoms with Crippen molar-refractivity contribution in [3.05, 3.63) is 16.3 Å². The van der Waals surface area contributed by atoms with Crippen molar-refractivity contribution in [2.75, 3.05) is 25.6 Å². The lowest BCUT2D eigenvalue weighted by Gasteiger charge is -2.07. The first kappa shape index (κ1) is 14.8. The van der Waals surface area contributed by atoms with E-state index >= 15 is 0 Å². The number of thiophene rings is 1. The number of rotatable bonds is 6. The van der Waals surface area contributed by atoms with Crippen LogP contribution in [0.25, 0.3) is 0 Å². The summed E-state index contributed by atoms with van der Waals surface area (Å²) in [6.07, 6.45) is -4.13. The lowest BCUT2D eigenvalue weighted by molar-refractivity contribution is -0.174. The number of nitrogens with two attached hydrogens (primary N) is 1. The van der Waals surface area contributed by atoms with Gasteiger partial charge in [0.25, 0.3) is 0 Å². The Kier molecular flexibility index (Phi) is 5.42. The molecule has 0 fully saturated rings. The van der Waals surface area contributed by atoms with Crippen LogP contribution in [0.2, 0.25) is 0 Å². The summed E-state index contributed by atoms with van der Waals surface area (Å²) >= 11 is 1.15. The first-order valence-electron chi connectivity index (χ1n) is 5.05. The number of halogens is 3. The van der Waals surface area contributed by atoms with E-state index in [2.05, 4.69) is 4.74 Å². The van der Waals surface area contributed by atoms with Gasteiger partial charge in [-0.05, 0) is 11.4 Å². The fraction of sp³-hybridized carbons (Fsp3) is 0.500. The third kappa shape index (κ3) is 5.37. The predicted octanol–water partition coefficient (Wildman–Crippen LogP) is 2.46. The van der Waals surface area contributed by atoms with Crippen molar-refractivity contribution in [1.29, 1.82) is 0 Å². The highest BCUT2D eigenvalue weighted by molar-refractivity contribution is 7.12. The van der Waals surface area contributed by atoms with Gasteiger partial charge in [0, 0.05) is 6.42 Å². The summed E-state index contributed by atoms with van der Waals surface area (Å²) in [7, 11) is 0. The summed E-state index contributed by atoms with van der Waals surface area (Å²) in [6, 6.07) is 1.58. The third-order valence-corrected chi connectivity index (χ3v) is 2.72. The molecule has 0 unspecified atom stereocenters. The summed E-state index contributed by atoms with van der Waals surface area (Å²) in [5, 5.41) is 1.65. The largest absolute Gasteiger partial charge is 0.461 e. The number of esters is 1.